The van der Waals surface area contributed by atoms with E-state index in [2.05, 4.69) is 0 Å². The lowest BCUT2D eigenvalue weighted by atomic mass is 9.88. The molecule has 52 valence electrons. The van der Waals surface area contributed by atoms with Gasteiger partial charge in [0.05, 0.1) is 6.10 Å². The van der Waals surface area contributed by atoms with E-state index in [1.165, 1.54) is 0 Å². The molecule has 0 spiro atoms. The highest BCUT2D eigenvalue weighted by molar-refractivity contribution is 5.81. The number of hydrogen-bond acceptors (Lipinski definition) is 2. The third-order valence-corrected chi connectivity index (χ3v) is 1.90. The Hall–Kier alpha value is -0.370. The highest BCUT2D eigenvalue weighted by Crippen LogP contribution is 2.19. The van der Waals surface area contributed by atoms with Crippen LogP contribution in [0.2, 0.25) is 0 Å². The maximum atomic E-state index is 10.8. The lowest BCUT2D eigenvalue weighted by molar-refractivity contribution is -0.126. The van der Waals surface area contributed by atoms with E-state index in [1.54, 1.807) is 0 Å². The van der Waals surface area contributed by atoms with Gasteiger partial charge in [0.15, 0.2) is 0 Å². The zero-order chi connectivity index (χ0) is 6.85. The van der Waals surface area contributed by atoms with Crippen LogP contribution in [-0.4, -0.2) is 17.0 Å². The van der Waals surface area contributed by atoms with Crippen LogP contribution in [0.25, 0.3) is 0 Å². The lowest BCUT2D eigenvalue weighted by Gasteiger charge is -2.20. The van der Waals surface area contributed by atoms with Gasteiger partial charge in [-0.2, -0.15) is 0 Å². The molecule has 0 bridgehead atoms. The standard InChI is InChI=1S/C7H12O2/c1-5-4-6(8)2-3-7(5)9/h5-6,8H,2-4H2,1H3. The highest BCUT2D eigenvalue weighted by Gasteiger charge is 2.23. The zero-order valence-electron chi connectivity index (χ0n) is 5.63. The number of ketones is 1. The van der Waals surface area contributed by atoms with Crippen LogP contribution in [0.3, 0.4) is 0 Å². The number of aliphatic hydroxyl groups excluding tert-OH is 1. The Labute approximate surface area is 54.9 Å². The van der Waals surface area contributed by atoms with E-state index in [0.717, 1.165) is 0 Å². The molecule has 1 aliphatic carbocycles. The Morgan fingerprint density at radius 2 is 2.33 bits per heavy atom. The first-order valence-electron chi connectivity index (χ1n) is 3.41. The summed E-state index contributed by atoms with van der Waals surface area (Å²) in [5.41, 5.74) is 0. The molecule has 2 unspecified atom stereocenters. The second-order valence-electron chi connectivity index (χ2n) is 2.80. The van der Waals surface area contributed by atoms with Crippen LogP contribution < -0.4 is 0 Å². The normalized spacial score (nSPS) is 36.9. The predicted octanol–water partition coefficient (Wildman–Crippen LogP) is 0.736. The maximum Gasteiger partial charge on any atom is 0.135 e. The van der Waals surface area contributed by atoms with Gasteiger partial charge in [-0.1, -0.05) is 6.92 Å². The van der Waals surface area contributed by atoms with Crippen molar-refractivity contribution in [1.82, 2.24) is 0 Å². The van der Waals surface area contributed by atoms with Gasteiger partial charge in [-0.15, -0.1) is 0 Å². The van der Waals surface area contributed by atoms with Crippen molar-refractivity contribution in [2.75, 3.05) is 0 Å². The van der Waals surface area contributed by atoms with E-state index >= 15 is 0 Å². The molecule has 2 atom stereocenters. The minimum atomic E-state index is -0.224. The number of carbonyl (C=O) groups is 1. The van der Waals surface area contributed by atoms with Gasteiger partial charge >= 0.3 is 0 Å². The molecule has 0 aliphatic heterocycles. The Bertz CT molecular complexity index is 120. The Morgan fingerprint density at radius 1 is 1.67 bits per heavy atom. The molecule has 9 heavy (non-hydrogen) atoms. The van der Waals surface area contributed by atoms with Gasteiger partial charge < -0.3 is 5.11 Å². The third kappa shape index (κ3) is 1.52. The zero-order valence-corrected chi connectivity index (χ0v) is 5.63. The molecule has 1 N–H and O–H groups in total. The Morgan fingerprint density at radius 3 is 2.78 bits per heavy atom. The summed E-state index contributed by atoms with van der Waals surface area (Å²) in [5, 5.41) is 9.05. The van der Waals surface area contributed by atoms with Crippen molar-refractivity contribution in [2.24, 2.45) is 5.92 Å². The Kier molecular flexibility index (Phi) is 1.86. The van der Waals surface area contributed by atoms with Gasteiger partial charge in [0.2, 0.25) is 0 Å². The van der Waals surface area contributed by atoms with Crippen molar-refractivity contribution in [1.29, 1.82) is 0 Å². The van der Waals surface area contributed by atoms with E-state index in [9.17, 15) is 4.79 Å². The number of hydrogen-bond donors (Lipinski definition) is 1. The summed E-state index contributed by atoms with van der Waals surface area (Å²) in [4.78, 5) is 10.8. The molecule has 0 aromatic heterocycles. The van der Waals surface area contributed by atoms with Crippen LogP contribution in [0, 0.1) is 5.92 Å². The van der Waals surface area contributed by atoms with E-state index in [0.29, 0.717) is 25.0 Å². The van der Waals surface area contributed by atoms with Gasteiger partial charge in [-0.25, -0.2) is 0 Å². The van der Waals surface area contributed by atoms with Crippen LogP contribution in [0.4, 0.5) is 0 Å². The second kappa shape index (κ2) is 2.48. The summed E-state index contributed by atoms with van der Waals surface area (Å²) in [6.07, 6.45) is 1.68. The molecule has 0 amide bonds. The molecule has 1 fully saturated rings. The van der Waals surface area contributed by atoms with Crippen LogP contribution >= 0.6 is 0 Å². The van der Waals surface area contributed by atoms with Crippen molar-refractivity contribution in [2.45, 2.75) is 32.3 Å². The second-order valence-corrected chi connectivity index (χ2v) is 2.80. The van der Waals surface area contributed by atoms with Gasteiger partial charge in [-0.05, 0) is 12.8 Å². The minimum Gasteiger partial charge on any atom is -0.393 e. The highest BCUT2D eigenvalue weighted by atomic mass is 16.3. The first-order valence-corrected chi connectivity index (χ1v) is 3.41. The third-order valence-electron chi connectivity index (χ3n) is 1.90. The molecule has 0 radical (unpaired) electrons. The smallest absolute Gasteiger partial charge is 0.135 e. The van der Waals surface area contributed by atoms with Crippen LogP contribution in [-0.2, 0) is 4.79 Å². The maximum absolute atomic E-state index is 10.8. The largest absolute Gasteiger partial charge is 0.393 e. The molecule has 2 nitrogen and oxygen atoms in total. The quantitative estimate of drug-likeness (QED) is 0.522. The van der Waals surface area contributed by atoms with Gasteiger partial charge in [0.25, 0.3) is 0 Å². The monoisotopic (exact) mass is 128 g/mol. The minimum absolute atomic E-state index is 0.0914. The van der Waals surface area contributed by atoms with Crippen LogP contribution in [0.15, 0.2) is 0 Å². The predicted molar refractivity (Wildman–Crippen MR) is 34.0 cm³/mol. The Balaban J connectivity index is 2.44. The van der Waals surface area contributed by atoms with E-state index in [4.69, 9.17) is 5.11 Å². The number of rotatable bonds is 0. The van der Waals surface area contributed by atoms with Crippen molar-refractivity contribution < 1.29 is 9.90 Å². The summed E-state index contributed by atoms with van der Waals surface area (Å²) >= 11 is 0. The molecule has 0 saturated heterocycles. The van der Waals surface area contributed by atoms with E-state index in [-0.39, 0.29) is 12.0 Å². The van der Waals surface area contributed by atoms with Gasteiger partial charge in [0.1, 0.15) is 5.78 Å². The number of aliphatic hydroxyl groups is 1. The summed E-state index contributed by atoms with van der Waals surface area (Å²) in [5.74, 6) is 0.397. The lowest BCUT2D eigenvalue weighted by Crippen LogP contribution is -2.25. The molecule has 0 aromatic carbocycles. The number of carbonyl (C=O) groups excluding carboxylic acids is 1. The van der Waals surface area contributed by atoms with Gasteiger partial charge in [-0.3, -0.25) is 4.79 Å². The molecule has 2 heteroatoms. The average molecular weight is 128 g/mol. The van der Waals surface area contributed by atoms with Crippen molar-refractivity contribution in [3.05, 3.63) is 0 Å². The molecule has 0 aromatic rings. The van der Waals surface area contributed by atoms with Gasteiger partial charge in [0, 0.05) is 12.3 Å². The molecule has 1 aliphatic rings. The van der Waals surface area contributed by atoms with E-state index < -0.39 is 0 Å². The summed E-state index contributed by atoms with van der Waals surface area (Å²) in [6.45, 7) is 1.88. The average Bonchev–Trinajstić information content (AvgIpc) is 1.80. The summed E-state index contributed by atoms with van der Waals surface area (Å²) in [7, 11) is 0. The number of Topliss-reactive ketones (excluding diaryl/α,β-unsaturated/α-hetero) is 1. The fraction of sp³-hybridized carbons (Fsp3) is 0.857. The fourth-order valence-corrected chi connectivity index (χ4v) is 1.21. The first kappa shape index (κ1) is 6.75. The summed E-state index contributed by atoms with van der Waals surface area (Å²) < 4.78 is 0. The topological polar surface area (TPSA) is 37.3 Å². The SMILES string of the molecule is CC1CC(O)CCC1=O. The van der Waals surface area contributed by atoms with E-state index in [1.807, 2.05) is 6.92 Å². The van der Waals surface area contributed by atoms with Crippen molar-refractivity contribution in [3.63, 3.8) is 0 Å². The van der Waals surface area contributed by atoms with Crippen molar-refractivity contribution >= 4 is 5.78 Å². The first-order chi connectivity index (χ1) is 4.20. The molecular weight excluding hydrogens is 116 g/mol. The van der Waals surface area contributed by atoms with Crippen LogP contribution in [0.1, 0.15) is 26.2 Å². The fourth-order valence-electron chi connectivity index (χ4n) is 1.21. The summed E-state index contributed by atoms with van der Waals surface area (Å²) in [6, 6.07) is 0. The molecule has 0 heterocycles. The van der Waals surface area contributed by atoms with Crippen molar-refractivity contribution in [3.8, 4) is 0 Å². The molecule has 1 rings (SSSR count). The van der Waals surface area contributed by atoms with Crippen LogP contribution in [0.5, 0.6) is 0 Å². The molecule has 1 saturated carbocycles. The molecular formula is C7H12O2.